The first kappa shape index (κ1) is 14.6. The van der Waals surface area contributed by atoms with Crippen molar-refractivity contribution in [3.05, 3.63) is 81.4 Å². The highest BCUT2D eigenvalue weighted by Gasteiger charge is 2.23. The van der Waals surface area contributed by atoms with E-state index < -0.39 is 0 Å². The Labute approximate surface area is 134 Å². The Bertz CT molecular complexity index is 816. The number of aryl methyl sites for hydroxylation is 2. The van der Waals surface area contributed by atoms with Crippen molar-refractivity contribution >= 4 is 29.4 Å². The van der Waals surface area contributed by atoms with E-state index in [0.717, 1.165) is 22.3 Å². The third-order valence-electron chi connectivity index (χ3n) is 3.60. The third kappa shape index (κ3) is 2.83. The van der Waals surface area contributed by atoms with Gasteiger partial charge in [0.15, 0.2) is 0 Å². The van der Waals surface area contributed by atoms with Gasteiger partial charge < -0.3 is 4.74 Å². The van der Waals surface area contributed by atoms with Gasteiger partial charge in [-0.15, -0.1) is 0 Å². The van der Waals surface area contributed by atoms with E-state index in [1.165, 1.54) is 0 Å². The van der Waals surface area contributed by atoms with Crippen LogP contribution >= 0.6 is 11.6 Å². The number of hydrogen-bond acceptors (Lipinski definition) is 2. The molecule has 3 rings (SSSR count). The molecule has 0 fully saturated rings. The maximum Gasteiger partial charge on any atom is 0.343 e. The number of hydrogen-bond donors (Lipinski definition) is 0. The van der Waals surface area contributed by atoms with Crippen LogP contribution in [0.4, 0.5) is 0 Å². The topological polar surface area (TPSA) is 26.3 Å². The molecule has 2 nitrogen and oxygen atoms in total. The van der Waals surface area contributed by atoms with Crippen molar-refractivity contribution < 1.29 is 9.53 Å². The van der Waals surface area contributed by atoms with E-state index in [0.29, 0.717) is 16.4 Å². The molecule has 0 atom stereocenters. The summed E-state index contributed by atoms with van der Waals surface area (Å²) in [6.45, 7) is 4.01. The predicted octanol–water partition coefficient (Wildman–Crippen LogP) is 4.94. The van der Waals surface area contributed by atoms with Gasteiger partial charge in [0.25, 0.3) is 0 Å². The summed E-state index contributed by atoms with van der Waals surface area (Å²) in [6.07, 6.45) is 3.52. The number of ether oxygens (including phenoxy) is 1. The highest BCUT2D eigenvalue weighted by atomic mass is 35.5. The molecule has 1 aliphatic rings. The van der Waals surface area contributed by atoms with Crippen LogP contribution in [-0.2, 0) is 9.53 Å². The van der Waals surface area contributed by atoms with Crippen LogP contribution in [0.15, 0.2) is 54.1 Å². The van der Waals surface area contributed by atoms with Crippen LogP contribution < -0.4 is 0 Å². The van der Waals surface area contributed by atoms with E-state index in [4.69, 9.17) is 16.3 Å². The fourth-order valence-electron chi connectivity index (χ4n) is 2.38. The monoisotopic (exact) mass is 310 g/mol. The molecule has 2 aromatic rings. The minimum atomic E-state index is -0.351. The molecular formula is C19H15ClO2. The van der Waals surface area contributed by atoms with Gasteiger partial charge >= 0.3 is 5.97 Å². The Morgan fingerprint density at radius 1 is 1.09 bits per heavy atom. The van der Waals surface area contributed by atoms with E-state index in [-0.39, 0.29) is 5.97 Å². The van der Waals surface area contributed by atoms with Gasteiger partial charge in [0.2, 0.25) is 0 Å². The molecule has 0 unspecified atom stereocenters. The molecule has 0 N–H and O–H groups in total. The first-order valence-electron chi connectivity index (χ1n) is 7.02. The quantitative estimate of drug-likeness (QED) is 0.580. The summed E-state index contributed by atoms with van der Waals surface area (Å²) < 4.78 is 5.42. The van der Waals surface area contributed by atoms with Crippen LogP contribution in [0, 0.1) is 13.8 Å². The second kappa shape index (κ2) is 5.82. The number of cyclic esters (lactones) is 1. The lowest BCUT2D eigenvalue weighted by Crippen LogP contribution is -1.98. The summed E-state index contributed by atoms with van der Waals surface area (Å²) in [6, 6.07) is 13.5. The van der Waals surface area contributed by atoms with Gasteiger partial charge in [-0.25, -0.2) is 4.79 Å². The van der Waals surface area contributed by atoms with Crippen LogP contribution in [0.5, 0.6) is 0 Å². The molecule has 0 aliphatic carbocycles. The second-order valence-corrected chi connectivity index (χ2v) is 5.74. The molecule has 110 valence electrons. The Kier molecular flexibility index (Phi) is 3.86. The molecule has 2 aromatic carbocycles. The number of benzene rings is 2. The normalized spacial score (nSPS) is 15.9. The van der Waals surface area contributed by atoms with E-state index >= 15 is 0 Å². The molecule has 0 radical (unpaired) electrons. The first-order valence-corrected chi connectivity index (χ1v) is 7.40. The van der Waals surface area contributed by atoms with Crippen molar-refractivity contribution in [1.82, 2.24) is 0 Å². The Hall–Kier alpha value is -2.32. The zero-order chi connectivity index (χ0) is 15.7. The second-order valence-electron chi connectivity index (χ2n) is 5.34. The molecular weight excluding hydrogens is 296 g/mol. The molecule has 22 heavy (non-hydrogen) atoms. The predicted molar refractivity (Wildman–Crippen MR) is 89.4 cm³/mol. The molecule has 0 saturated heterocycles. The summed E-state index contributed by atoms with van der Waals surface area (Å²) in [5.41, 5.74) is 4.44. The van der Waals surface area contributed by atoms with Crippen LogP contribution in [-0.4, -0.2) is 5.97 Å². The van der Waals surface area contributed by atoms with Crippen LogP contribution in [0.2, 0.25) is 5.02 Å². The standard InChI is InChI=1S/C19H15ClO2/c1-12-7-8-13(2)16(9-12)18-11-15(19(21)22-18)10-14-5-3-4-6-17(14)20/h3-11H,1-2H3/b15-10+. The van der Waals surface area contributed by atoms with Gasteiger partial charge in [-0.05, 0) is 49.3 Å². The molecule has 1 heterocycles. The molecule has 1 aliphatic heterocycles. The van der Waals surface area contributed by atoms with Gasteiger partial charge in [-0.2, -0.15) is 0 Å². The van der Waals surface area contributed by atoms with Crippen molar-refractivity contribution in [2.75, 3.05) is 0 Å². The van der Waals surface area contributed by atoms with Crippen molar-refractivity contribution in [3.8, 4) is 0 Å². The summed E-state index contributed by atoms with van der Waals surface area (Å²) in [7, 11) is 0. The SMILES string of the molecule is Cc1ccc(C)c(C2=C/C(=C\c3ccccc3Cl)C(=O)O2)c1. The van der Waals surface area contributed by atoms with Gasteiger partial charge in [0.05, 0.1) is 5.57 Å². The number of halogens is 1. The van der Waals surface area contributed by atoms with Gasteiger partial charge in [0, 0.05) is 10.6 Å². The minimum Gasteiger partial charge on any atom is -0.422 e. The zero-order valence-electron chi connectivity index (χ0n) is 12.4. The van der Waals surface area contributed by atoms with Crippen molar-refractivity contribution in [1.29, 1.82) is 0 Å². The van der Waals surface area contributed by atoms with Crippen molar-refractivity contribution in [2.24, 2.45) is 0 Å². The van der Waals surface area contributed by atoms with Crippen LogP contribution in [0.3, 0.4) is 0 Å². The number of carbonyl (C=O) groups is 1. The Morgan fingerprint density at radius 3 is 2.64 bits per heavy atom. The van der Waals surface area contributed by atoms with Gasteiger partial charge in [0.1, 0.15) is 5.76 Å². The zero-order valence-corrected chi connectivity index (χ0v) is 13.1. The Morgan fingerprint density at radius 2 is 1.86 bits per heavy atom. The van der Waals surface area contributed by atoms with Crippen molar-refractivity contribution in [2.45, 2.75) is 13.8 Å². The van der Waals surface area contributed by atoms with E-state index in [2.05, 4.69) is 0 Å². The summed E-state index contributed by atoms with van der Waals surface area (Å²) in [4.78, 5) is 12.1. The lowest BCUT2D eigenvalue weighted by Gasteiger charge is -2.06. The maximum absolute atomic E-state index is 12.1. The largest absolute Gasteiger partial charge is 0.422 e. The molecule has 3 heteroatoms. The summed E-state index contributed by atoms with van der Waals surface area (Å²) in [5.74, 6) is 0.236. The van der Waals surface area contributed by atoms with E-state index in [1.807, 2.05) is 50.2 Å². The average Bonchev–Trinajstić information content (AvgIpc) is 2.85. The third-order valence-corrected chi connectivity index (χ3v) is 3.94. The lowest BCUT2D eigenvalue weighted by molar-refractivity contribution is -0.130. The van der Waals surface area contributed by atoms with Gasteiger partial charge in [-0.3, -0.25) is 0 Å². The Balaban J connectivity index is 2.02. The van der Waals surface area contributed by atoms with Crippen LogP contribution in [0.1, 0.15) is 22.3 Å². The highest BCUT2D eigenvalue weighted by molar-refractivity contribution is 6.32. The minimum absolute atomic E-state index is 0.351. The molecule has 0 spiro atoms. The number of carbonyl (C=O) groups excluding carboxylic acids is 1. The smallest absolute Gasteiger partial charge is 0.343 e. The summed E-state index contributed by atoms with van der Waals surface area (Å²) >= 11 is 6.13. The first-order chi connectivity index (χ1) is 10.5. The van der Waals surface area contributed by atoms with E-state index in [1.54, 1.807) is 18.2 Å². The molecule has 0 amide bonds. The molecule has 0 bridgehead atoms. The maximum atomic E-state index is 12.1. The highest BCUT2D eigenvalue weighted by Crippen LogP contribution is 2.30. The van der Waals surface area contributed by atoms with Crippen molar-refractivity contribution in [3.63, 3.8) is 0 Å². The van der Waals surface area contributed by atoms with Crippen LogP contribution in [0.25, 0.3) is 11.8 Å². The number of rotatable bonds is 2. The molecule has 0 saturated carbocycles. The fourth-order valence-corrected chi connectivity index (χ4v) is 2.57. The van der Waals surface area contributed by atoms with Gasteiger partial charge in [-0.1, -0.05) is 47.5 Å². The number of esters is 1. The fraction of sp³-hybridized carbons (Fsp3) is 0.105. The molecule has 0 aromatic heterocycles. The lowest BCUT2D eigenvalue weighted by atomic mass is 10.0. The van der Waals surface area contributed by atoms with E-state index in [9.17, 15) is 4.79 Å². The summed E-state index contributed by atoms with van der Waals surface area (Å²) in [5, 5.41) is 0.608. The average molecular weight is 311 g/mol.